The van der Waals surface area contributed by atoms with E-state index in [1.54, 1.807) is 36.5 Å². The number of nitrogens with one attached hydrogen (secondary N) is 1. The number of carbonyl (C=O) groups is 1. The van der Waals surface area contributed by atoms with E-state index in [1.165, 1.54) is 10.5 Å². The Morgan fingerprint density at radius 1 is 1.22 bits per heavy atom. The van der Waals surface area contributed by atoms with E-state index < -0.39 is 5.95 Å². The summed E-state index contributed by atoms with van der Waals surface area (Å²) in [4.78, 5) is 17.4. The van der Waals surface area contributed by atoms with Crippen molar-refractivity contribution in [2.45, 2.75) is 45.8 Å². The van der Waals surface area contributed by atoms with Gasteiger partial charge in [-0.3, -0.25) is 9.20 Å². The second-order valence-corrected chi connectivity index (χ2v) is 9.21. The van der Waals surface area contributed by atoms with Crippen LogP contribution in [0.3, 0.4) is 0 Å². The molecule has 0 aliphatic rings. The Bertz CT molecular complexity index is 1450. The molecule has 0 unspecified atom stereocenters. The lowest BCUT2D eigenvalue weighted by Gasteiger charge is -2.19. The van der Waals surface area contributed by atoms with Crippen molar-refractivity contribution in [3.8, 4) is 23.1 Å². The number of nitriles is 1. The SMILES string of the molecule is Cc1cccn2c(F)c(-c3ccc(C[C@@H](CCO)NC(=O)c4ccc(OC(C)C)c(C#N)c4)cc3)nc12. The van der Waals surface area contributed by atoms with Gasteiger partial charge in [0, 0.05) is 30.0 Å². The molecule has 0 saturated carbocycles. The first-order valence-electron chi connectivity index (χ1n) is 12.2. The molecule has 0 saturated heterocycles. The zero-order valence-electron chi connectivity index (χ0n) is 21.0. The molecule has 190 valence electrons. The number of halogens is 1. The van der Waals surface area contributed by atoms with Crippen LogP contribution in [0.1, 0.15) is 47.3 Å². The Labute approximate surface area is 215 Å². The van der Waals surface area contributed by atoms with Crippen molar-refractivity contribution in [3.63, 3.8) is 0 Å². The quantitative estimate of drug-likeness (QED) is 0.343. The van der Waals surface area contributed by atoms with Gasteiger partial charge in [0.05, 0.1) is 11.7 Å². The van der Waals surface area contributed by atoms with Gasteiger partial charge in [-0.15, -0.1) is 0 Å². The predicted molar refractivity (Wildman–Crippen MR) is 139 cm³/mol. The number of nitrogens with zero attached hydrogens (tertiary/aromatic N) is 3. The Morgan fingerprint density at radius 3 is 2.62 bits per heavy atom. The molecular formula is C29H29FN4O3. The number of hydrogen-bond acceptors (Lipinski definition) is 5. The van der Waals surface area contributed by atoms with Crippen LogP contribution in [0, 0.1) is 24.2 Å². The summed E-state index contributed by atoms with van der Waals surface area (Å²) in [7, 11) is 0. The molecule has 37 heavy (non-hydrogen) atoms. The minimum absolute atomic E-state index is 0.0968. The second-order valence-electron chi connectivity index (χ2n) is 9.21. The van der Waals surface area contributed by atoms with Gasteiger partial charge >= 0.3 is 0 Å². The van der Waals surface area contributed by atoms with Gasteiger partial charge in [0.2, 0.25) is 5.95 Å². The van der Waals surface area contributed by atoms with Gasteiger partial charge in [-0.25, -0.2) is 4.98 Å². The van der Waals surface area contributed by atoms with Gasteiger partial charge in [0.25, 0.3) is 5.91 Å². The van der Waals surface area contributed by atoms with Crippen molar-refractivity contribution in [2.75, 3.05) is 6.61 Å². The van der Waals surface area contributed by atoms with E-state index in [2.05, 4.69) is 16.4 Å². The molecule has 4 rings (SSSR count). The summed E-state index contributed by atoms with van der Waals surface area (Å²) in [5, 5.41) is 22.0. The molecular weight excluding hydrogens is 471 g/mol. The number of benzene rings is 2. The summed E-state index contributed by atoms with van der Waals surface area (Å²) in [6, 6.07) is 17.5. The molecule has 2 aromatic heterocycles. The van der Waals surface area contributed by atoms with Crippen LogP contribution in [0.2, 0.25) is 0 Å². The fourth-order valence-corrected chi connectivity index (χ4v) is 4.21. The minimum atomic E-state index is -0.418. The van der Waals surface area contributed by atoms with Gasteiger partial charge in [0.1, 0.15) is 23.2 Å². The molecule has 1 atom stereocenters. The Morgan fingerprint density at radius 2 is 1.97 bits per heavy atom. The van der Waals surface area contributed by atoms with E-state index in [0.29, 0.717) is 35.4 Å². The maximum Gasteiger partial charge on any atom is 0.251 e. The molecule has 2 heterocycles. The number of ether oxygens (including phenoxy) is 1. The lowest BCUT2D eigenvalue weighted by atomic mass is 10.0. The number of carbonyl (C=O) groups excluding carboxylic acids is 1. The highest BCUT2D eigenvalue weighted by molar-refractivity contribution is 5.95. The molecule has 1 amide bonds. The van der Waals surface area contributed by atoms with Crippen LogP contribution >= 0.6 is 0 Å². The van der Waals surface area contributed by atoms with Gasteiger partial charge in [-0.2, -0.15) is 9.65 Å². The lowest BCUT2D eigenvalue weighted by molar-refractivity contribution is 0.0930. The Kier molecular flexibility index (Phi) is 7.85. The molecule has 0 fully saturated rings. The zero-order chi connectivity index (χ0) is 26.5. The van der Waals surface area contributed by atoms with Gasteiger partial charge in [0.15, 0.2) is 0 Å². The molecule has 8 heteroatoms. The highest BCUT2D eigenvalue weighted by Gasteiger charge is 2.18. The van der Waals surface area contributed by atoms with E-state index in [4.69, 9.17) is 4.74 Å². The summed E-state index contributed by atoms with van der Waals surface area (Å²) in [5.74, 6) is -0.332. The fraction of sp³-hybridized carbons (Fsp3) is 0.276. The topological polar surface area (TPSA) is 99.6 Å². The van der Waals surface area contributed by atoms with Crippen LogP contribution < -0.4 is 10.1 Å². The number of aliphatic hydroxyl groups excluding tert-OH is 1. The van der Waals surface area contributed by atoms with E-state index >= 15 is 0 Å². The average molecular weight is 501 g/mol. The van der Waals surface area contributed by atoms with E-state index in [1.807, 2.05) is 39.0 Å². The first kappa shape index (κ1) is 25.9. The largest absolute Gasteiger partial charge is 0.490 e. The normalized spacial score (nSPS) is 11.9. The maximum absolute atomic E-state index is 14.9. The third-order valence-corrected chi connectivity index (χ3v) is 6.03. The van der Waals surface area contributed by atoms with Crippen molar-refractivity contribution >= 4 is 11.6 Å². The van der Waals surface area contributed by atoms with Crippen LogP contribution in [0.5, 0.6) is 5.75 Å². The molecule has 2 aromatic carbocycles. The fourth-order valence-electron chi connectivity index (χ4n) is 4.21. The number of aliphatic hydroxyl groups is 1. The number of imidazole rings is 1. The number of rotatable bonds is 9. The number of hydrogen-bond donors (Lipinski definition) is 2. The van der Waals surface area contributed by atoms with Crippen LogP contribution in [-0.2, 0) is 6.42 Å². The van der Waals surface area contributed by atoms with Crippen molar-refractivity contribution in [2.24, 2.45) is 0 Å². The summed E-state index contributed by atoms with van der Waals surface area (Å²) in [6.45, 7) is 5.52. The summed E-state index contributed by atoms with van der Waals surface area (Å²) in [5.41, 5.74) is 3.93. The Hall–Kier alpha value is -4.22. The molecule has 0 aliphatic carbocycles. The van der Waals surface area contributed by atoms with E-state index in [-0.39, 0.29) is 35.9 Å². The first-order chi connectivity index (χ1) is 17.8. The highest BCUT2D eigenvalue weighted by atomic mass is 19.1. The summed E-state index contributed by atoms with van der Waals surface area (Å²) < 4.78 is 22.0. The van der Waals surface area contributed by atoms with Gasteiger partial charge in [-0.05, 0) is 69.0 Å². The number of fused-ring (bicyclic) bond motifs is 1. The van der Waals surface area contributed by atoms with Crippen molar-refractivity contribution in [1.82, 2.24) is 14.7 Å². The zero-order valence-corrected chi connectivity index (χ0v) is 21.0. The standard InChI is InChI=1S/C29H29FN4O3/c1-18(2)37-25-11-10-22(16-23(25)17-31)29(36)32-24(12-14-35)15-20-6-8-21(9-7-20)26-27(30)34-13-4-5-19(3)28(34)33-26/h4-11,13,16,18,24,35H,12,14-15H2,1-3H3,(H,32,36)/t24-/m1/s1. The van der Waals surface area contributed by atoms with Crippen molar-refractivity contribution in [1.29, 1.82) is 5.26 Å². The highest BCUT2D eigenvalue weighted by Crippen LogP contribution is 2.25. The third-order valence-electron chi connectivity index (χ3n) is 6.03. The monoisotopic (exact) mass is 500 g/mol. The molecule has 0 bridgehead atoms. The van der Waals surface area contributed by atoms with Crippen LogP contribution in [-0.4, -0.2) is 39.2 Å². The van der Waals surface area contributed by atoms with Crippen LogP contribution in [0.4, 0.5) is 4.39 Å². The number of aryl methyl sites for hydroxylation is 1. The lowest BCUT2D eigenvalue weighted by Crippen LogP contribution is -2.37. The minimum Gasteiger partial charge on any atom is -0.490 e. The third kappa shape index (κ3) is 5.79. The summed E-state index contributed by atoms with van der Waals surface area (Å²) >= 11 is 0. The molecule has 0 spiro atoms. The van der Waals surface area contributed by atoms with Crippen LogP contribution in [0.25, 0.3) is 16.9 Å². The number of pyridine rings is 1. The number of aromatic nitrogens is 2. The van der Waals surface area contributed by atoms with E-state index in [0.717, 1.165) is 11.1 Å². The molecule has 4 aromatic rings. The number of amides is 1. The van der Waals surface area contributed by atoms with Crippen molar-refractivity contribution in [3.05, 3.63) is 89.0 Å². The molecule has 2 N–H and O–H groups in total. The van der Waals surface area contributed by atoms with Gasteiger partial charge in [-0.1, -0.05) is 30.3 Å². The molecule has 0 radical (unpaired) electrons. The summed E-state index contributed by atoms with van der Waals surface area (Å²) in [6.07, 6.45) is 2.38. The average Bonchev–Trinajstić information content (AvgIpc) is 3.22. The first-order valence-corrected chi connectivity index (χ1v) is 12.2. The maximum atomic E-state index is 14.9. The van der Waals surface area contributed by atoms with E-state index in [9.17, 15) is 19.6 Å². The van der Waals surface area contributed by atoms with Gasteiger partial charge < -0.3 is 15.2 Å². The van der Waals surface area contributed by atoms with Crippen molar-refractivity contribution < 1.29 is 19.0 Å². The van der Waals surface area contributed by atoms with Crippen LogP contribution in [0.15, 0.2) is 60.8 Å². The Balaban J connectivity index is 1.49. The molecule has 0 aliphatic heterocycles. The smallest absolute Gasteiger partial charge is 0.251 e. The second kappa shape index (κ2) is 11.2. The predicted octanol–water partition coefficient (Wildman–Crippen LogP) is 4.83. The molecule has 7 nitrogen and oxygen atoms in total.